The number of halogens is 2. The third kappa shape index (κ3) is 2.61. The Hall–Kier alpha value is -2.48. The maximum atomic E-state index is 12.2. The van der Waals surface area contributed by atoms with Gasteiger partial charge in [-0.05, 0) is 24.3 Å². The highest BCUT2D eigenvalue weighted by Gasteiger charge is 2.11. The number of benzene rings is 1. The largest absolute Gasteiger partial charge is 0.434 e. The Bertz CT molecular complexity index is 576. The van der Waals surface area contributed by atoms with Crippen molar-refractivity contribution in [3.63, 3.8) is 0 Å². The first-order chi connectivity index (χ1) is 8.70. The fraction of sp³-hybridized carbons (Fsp3) is 0.0769. The summed E-state index contributed by atoms with van der Waals surface area (Å²) in [5.74, 6) is 0.0599. The summed E-state index contributed by atoms with van der Waals surface area (Å²) in [4.78, 5) is 4.04. The van der Waals surface area contributed by atoms with E-state index in [2.05, 4.69) is 9.72 Å². The van der Waals surface area contributed by atoms with Crippen LogP contribution >= 0.6 is 0 Å². The molecule has 18 heavy (non-hydrogen) atoms. The van der Waals surface area contributed by atoms with Crippen molar-refractivity contribution in [1.29, 1.82) is 5.26 Å². The van der Waals surface area contributed by atoms with Crippen LogP contribution in [-0.4, -0.2) is 11.6 Å². The molecule has 0 amide bonds. The summed E-state index contributed by atoms with van der Waals surface area (Å²) in [7, 11) is 0. The van der Waals surface area contributed by atoms with Crippen LogP contribution in [0, 0.1) is 11.3 Å². The Morgan fingerprint density at radius 2 is 1.94 bits per heavy atom. The molecule has 0 fully saturated rings. The van der Waals surface area contributed by atoms with E-state index in [0.717, 1.165) is 0 Å². The van der Waals surface area contributed by atoms with Crippen LogP contribution in [0.2, 0.25) is 0 Å². The van der Waals surface area contributed by atoms with E-state index in [1.165, 1.54) is 12.3 Å². The molecule has 90 valence electrons. The molecule has 2 rings (SSSR count). The summed E-state index contributed by atoms with van der Waals surface area (Å²) in [5, 5.41) is 8.66. The minimum Gasteiger partial charge on any atom is -0.434 e. The highest BCUT2D eigenvalue weighted by molar-refractivity contribution is 5.67. The fourth-order valence-electron chi connectivity index (χ4n) is 1.50. The SMILES string of the molecule is N#Cc1ccc(-c2ccccc2OC(F)F)nc1. The van der Waals surface area contributed by atoms with Gasteiger partial charge < -0.3 is 4.74 Å². The fourth-order valence-corrected chi connectivity index (χ4v) is 1.50. The van der Waals surface area contributed by atoms with Crippen LogP contribution in [0.4, 0.5) is 8.78 Å². The van der Waals surface area contributed by atoms with Crippen LogP contribution in [0.15, 0.2) is 42.6 Å². The van der Waals surface area contributed by atoms with Crippen LogP contribution in [-0.2, 0) is 0 Å². The molecule has 0 unspecified atom stereocenters. The minimum absolute atomic E-state index is 0.0599. The summed E-state index contributed by atoms with van der Waals surface area (Å²) in [6, 6.07) is 11.5. The maximum absolute atomic E-state index is 12.2. The second-order valence-electron chi connectivity index (χ2n) is 3.42. The topological polar surface area (TPSA) is 45.9 Å². The Labute approximate surface area is 102 Å². The number of aromatic nitrogens is 1. The highest BCUT2D eigenvalue weighted by atomic mass is 19.3. The molecule has 2 aromatic rings. The monoisotopic (exact) mass is 246 g/mol. The van der Waals surface area contributed by atoms with Crippen molar-refractivity contribution in [2.75, 3.05) is 0 Å². The molecule has 0 radical (unpaired) electrons. The Balaban J connectivity index is 2.40. The van der Waals surface area contributed by atoms with Crippen molar-refractivity contribution in [3.05, 3.63) is 48.2 Å². The first-order valence-electron chi connectivity index (χ1n) is 5.11. The van der Waals surface area contributed by atoms with E-state index in [4.69, 9.17) is 5.26 Å². The van der Waals surface area contributed by atoms with Crippen molar-refractivity contribution >= 4 is 0 Å². The summed E-state index contributed by atoms with van der Waals surface area (Å²) in [6.45, 7) is -2.88. The molecule has 3 nitrogen and oxygen atoms in total. The summed E-state index contributed by atoms with van der Waals surface area (Å²) < 4.78 is 28.9. The van der Waals surface area contributed by atoms with Crippen LogP contribution in [0.1, 0.15) is 5.56 Å². The first kappa shape index (κ1) is 12.0. The van der Waals surface area contributed by atoms with Crippen molar-refractivity contribution < 1.29 is 13.5 Å². The van der Waals surface area contributed by atoms with E-state index in [-0.39, 0.29) is 5.75 Å². The maximum Gasteiger partial charge on any atom is 0.387 e. The van der Waals surface area contributed by atoms with Gasteiger partial charge in [-0.1, -0.05) is 12.1 Å². The number of hydrogen-bond acceptors (Lipinski definition) is 3. The highest BCUT2D eigenvalue weighted by Crippen LogP contribution is 2.29. The van der Waals surface area contributed by atoms with E-state index < -0.39 is 6.61 Å². The number of nitriles is 1. The molecule has 1 aromatic heterocycles. The van der Waals surface area contributed by atoms with Gasteiger partial charge in [-0.3, -0.25) is 4.98 Å². The standard InChI is InChI=1S/C13H8F2N2O/c14-13(15)18-12-4-2-1-3-10(12)11-6-5-9(7-16)8-17-11/h1-6,8,13H. The van der Waals surface area contributed by atoms with E-state index in [0.29, 0.717) is 16.8 Å². The van der Waals surface area contributed by atoms with Crippen LogP contribution < -0.4 is 4.74 Å². The Morgan fingerprint density at radius 1 is 1.17 bits per heavy atom. The number of nitrogens with zero attached hydrogens (tertiary/aromatic N) is 2. The van der Waals surface area contributed by atoms with E-state index in [1.54, 1.807) is 30.3 Å². The van der Waals surface area contributed by atoms with Gasteiger partial charge in [0.1, 0.15) is 11.8 Å². The van der Waals surface area contributed by atoms with E-state index in [1.807, 2.05) is 6.07 Å². The summed E-state index contributed by atoms with van der Waals surface area (Å²) in [6.07, 6.45) is 1.38. The number of alkyl halides is 2. The lowest BCUT2D eigenvalue weighted by molar-refractivity contribution is -0.0494. The van der Waals surface area contributed by atoms with Gasteiger partial charge in [0.05, 0.1) is 11.3 Å². The smallest absolute Gasteiger partial charge is 0.387 e. The van der Waals surface area contributed by atoms with Gasteiger partial charge >= 0.3 is 6.61 Å². The third-order valence-electron chi connectivity index (χ3n) is 2.27. The van der Waals surface area contributed by atoms with Crippen LogP contribution in [0.3, 0.4) is 0 Å². The van der Waals surface area contributed by atoms with Gasteiger partial charge in [0.25, 0.3) is 0 Å². The van der Waals surface area contributed by atoms with Gasteiger partial charge in [0.2, 0.25) is 0 Å². The van der Waals surface area contributed by atoms with E-state index >= 15 is 0 Å². The molecular weight excluding hydrogens is 238 g/mol. The molecule has 1 heterocycles. The Morgan fingerprint density at radius 3 is 2.56 bits per heavy atom. The third-order valence-corrected chi connectivity index (χ3v) is 2.27. The molecule has 0 aliphatic rings. The predicted molar refractivity (Wildman–Crippen MR) is 61.0 cm³/mol. The zero-order chi connectivity index (χ0) is 13.0. The van der Waals surface area contributed by atoms with Crippen molar-refractivity contribution in [3.8, 4) is 23.1 Å². The molecule has 0 bridgehead atoms. The quantitative estimate of drug-likeness (QED) is 0.835. The molecule has 0 aliphatic heterocycles. The lowest BCUT2D eigenvalue weighted by Gasteiger charge is -2.09. The second kappa shape index (κ2) is 5.23. The van der Waals surface area contributed by atoms with E-state index in [9.17, 15) is 8.78 Å². The second-order valence-corrected chi connectivity index (χ2v) is 3.42. The molecule has 0 spiro atoms. The molecule has 0 saturated carbocycles. The van der Waals surface area contributed by atoms with Crippen LogP contribution in [0.5, 0.6) is 5.75 Å². The van der Waals surface area contributed by atoms with Gasteiger partial charge in [-0.25, -0.2) is 0 Å². The molecule has 5 heteroatoms. The lowest BCUT2D eigenvalue weighted by atomic mass is 10.1. The van der Waals surface area contributed by atoms with Gasteiger partial charge in [0, 0.05) is 11.8 Å². The molecular formula is C13H8F2N2O. The lowest BCUT2D eigenvalue weighted by Crippen LogP contribution is -2.03. The van der Waals surface area contributed by atoms with Gasteiger partial charge in [0.15, 0.2) is 0 Å². The van der Waals surface area contributed by atoms with Crippen molar-refractivity contribution in [2.24, 2.45) is 0 Å². The summed E-state index contributed by atoms with van der Waals surface area (Å²) in [5.41, 5.74) is 1.35. The zero-order valence-electron chi connectivity index (χ0n) is 9.18. The molecule has 0 aliphatic carbocycles. The van der Waals surface area contributed by atoms with Crippen LogP contribution in [0.25, 0.3) is 11.3 Å². The number of hydrogen-bond donors (Lipinski definition) is 0. The van der Waals surface area contributed by atoms with Gasteiger partial charge in [-0.2, -0.15) is 14.0 Å². The van der Waals surface area contributed by atoms with Gasteiger partial charge in [-0.15, -0.1) is 0 Å². The molecule has 0 saturated heterocycles. The molecule has 0 N–H and O–H groups in total. The normalized spacial score (nSPS) is 10.1. The average Bonchev–Trinajstić information content (AvgIpc) is 2.39. The first-order valence-corrected chi connectivity index (χ1v) is 5.11. The number of ether oxygens (including phenoxy) is 1. The molecule has 1 aromatic carbocycles. The van der Waals surface area contributed by atoms with Crippen molar-refractivity contribution in [1.82, 2.24) is 4.98 Å². The predicted octanol–water partition coefficient (Wildman–Crippen LogP) is 3.22. The minimum atomic E-state index is -2.88. The number of pyridine rings is 1. The zero-order valence-corrected chi connectivity index (χ0v) is 9.18. The number of rotatable bonds is 3. The average molecular weight is 246 g/mol. The Kier molecular flexibility index (Phi) is 3.49. The number of para-hydroxylation sites is 1. The molecule has 0 atom stereocenters. The summed E-state index contributed by atoms with van der Waals surface area (Å²) >= 11 is 0. The van der Waals surface area contributed by atoms with Crippen molar-refractivity contribution in [2.45, 2.75) is 6.61 Å².